The fraction of sp³-hybridized carbons (Fsp3) is 0.611. The molecule has 21 heavy (non-hydrogen) atoms. The number of carbonyl (C=O) groups excluding carboxylic acids is 1. The van der Waals surface area contributed by atoms with Crippen LogP contribution in [0.4, 0.5) is 0 Å². The molecule has 0 amide bonds. The molecule has 0 bridgehead atoms. The van der Waals surface area contributed by atoms with Gasteiger partial charge in [-0.25, -0.2) is 0 Å². The van der Waals surface area contributed by atoms with Gasteiger partial charge in [0.2, 0.25) is 0 Å². The highest BCUT2D eigenvalue weighted by Gasteiger charge is 2.45. The van der Waals surface area contributed by atoms with Crippen molar-refractivity contribution in [3.8, 4) is 5.75 Å². The standard InChI is InChI=1S/C18H26O3/c1-13-6-7-15(20-4)14(12-13)16(19)18(21-5)10-8-17(2,3)9-11-18/h6-7,12H,8-11H2,1-5H3. The second kappa shape index (κ2) is 5.80. The topological polar surface area (TPSA) is 35.5 Å². The number of benzene rings is 1. The van der Waals surface area contributed by atoms with Crippen molar-refractivity contribution in [3.63, 3.8) is 0 Å². The molecule has 0 radical (unpaired) electrons. The fourth-order valence-corrected chi connectivity index (χ4v) is 3.10. The molecular weight excluding hydrogens is 264 g/mol. The van der Waals surface area contributed by atoms with Gasteiger partial charge in [0.1, 0.15) is 11.4 Å². The largest absolute Gasteiger partial charge is 0.496 e. The predicted molar refractivity (Wildman–Crippen MR) is 84.1 cm³/mol. The van der Waals surface area contributed by atoms with Gasteiger partial charge in [-0.2, -0.15) is 0 Å². The van der Waals surface area contributed by atoms with Gasteiger partial charge >= 0.3 is 0 Å². The predicted octanol–water partition coefficient (Wildman–Crippen LogP) is 4.17. The van der Waals surface area contributed by atoms with Gasteiger partial charge in [-0.05, 0) is 50.2 Å². The van der Waals surface area contributed by atoms with Crippen LogP contribution in [0.25, 0.3) is 0 Å². The van der Waals surface area contributed by atoms with E-state index in [1.807, 2.05) is 25.1 Å². The lowest BCUT2D eigenvalue weighted by atomic mass is 9.68. The minimum Gasteiger partial charge on any atom is -0.496 e. The molecule has 0 spiro atoms. The molecule has 0 saturated heterocycles. The molecule has 1 fully saturated rings. The number of ketones is 1. The molecule has 0 heterocycles. The third kappa shape index (κ3) is 3.13. The van der Waals surface area contributed by atoms with E-state index < -0.39 is 5.60 Å². The first kappa shape index (κ1) is 16.0. The first-order valence-electron chi connectivity index (χ1n) is 7.58. The quantitative estimate of drug-likeness (QED) is 0.781. The van der Waals surface area contributed by atoms with Gasteiger partial charge in [0.25, 0.3) is 0 Å². The summed E-state index contributed by atoms with van der Waals surface area (Å²) in [7, 11) is 3.25. The highest BCUT2D eigenvalue weighted by molar-refractivity contribution is 6.04. The Bertz CT molecular complexity index is 521. The van der Waals surface area contributed by atoms with E-state index in [-0.39, 0.29) is 5.78 Å². The summed E-state index contributed by atoms with van der Waals surface area (Å²) in [6.45, 7) is 6.49. The Kier molecular flexibility index (Phi) is 4.43. The van der Waals surface area contributed by atoms with Crippen LogP contribution in [0.3, 0.4) is 0 Å². The lowest BCUT2D eigenvalue weighted by Gasteiger charge is -2.41. The molecule has 1 aliphatic rings. The molecule has 1 aromatic carbocycles. The lowest BCUT2D eigenvalue weighted by Crippen LogP contribution is -2.45. The van der Waals surface area contributed by atoms with E-state index in [4.69, 9.17) is 9.47 Å². The van der Waals surface area contributed by atoms with E-state index in [0.29, 0.717) is 16.7 Å². The van der Waals surface area contributed by atoms with Gasteiger partial charge in [-0.1, -0.05) is 25.5 Å². The third-order valence-electron chi connectivity index (χ3n) is 4.82. The summed E-state index contributed by atoms with van der Waals surface area (Å²) in [5.74, 6) is 0.688. The van der Waals surface area contributed by atoms with Gasteiger partial charge in [-0.15, -0.1) is 0 Å². The molecular formula is C18H26O3. The molecule has 116 valence electrons. The average molecular weight is 290 g/mol. The lowest BCUT2D eigenvalue weighted by molar-refractivity contribution is -0.0384. The Balaban J connectivity index is 2.35. The number of rotatable bonds is 4. The van der Waals surface area contributed by atoms with Crippen molar-refractivity contribution >= 4 is 5.78 Å². The first-order valence-corrected chi connectivity index (χ1v) is 7.58. The molecule has 3 nitrogen and oxygen atoms in total. The second-order valence-corrected chi connectivity index (χ2v) is 6.90. The molecule has 2 rings (SSSR count). The van der Waals surface area contributed by atoms with Crippen LogP contribution in [0.2, 0.25) is 0 Å². The van der Waals surface area contributed by atoms with Crippen LogP contribution in [-0.4, -0.2) is 25.6 Å². The van der Waals surface area contributed by atoms with Gasteiger partial charge < -0.3 is 9.47 Å². The monoisotopic (exact) mass is 290 g/mol. The van der Waals surface area contributed by atoms with Crippen LogP contribution in [0, 0.1) is 12.3 Å². The van der Waals surface area contributed by atoms with Gasteiger partial charge in [0.05, 0.1) is 12.7 Å². The number of carbonyl (C=O) groups is 1. The van der Waals surface area contributed by atoms with E-state index in [9.17, 15) is 4.79 Å². The van der Waals surface area contributed by atoms with E-state index in [1.54, 1.807) is 14.2 Å². The van der Waals surface area contributed by atoms with Crippen molar-refractivity contribution in [2.45, 2.75) is 52.1 Å². The summed E-state index contributed by atoms with van der Waals surface area (Å²) in [4.78, 5) is 13.1. The Labute approximate surface area is 127 Å². The normalized spacial score (nSPS) is 20.0. The Hall–Kier alpha value is -1.35. The smallest absolute Gasteiger partial charge is 0.198 e. The van der Waals surface area contributed by atoms with Crippen LogP contribution >= 0.6 is 0 Å². The third-order valence-corrected chi connectivity index (χ3v) is 4.82. The number of ether oxygens (including phenoxy) is 2. The van der Waals surface area contributed by atoms with Crippen molar-refractivity contribution in [2.75, 3.05) is 14.2 Å². The van der Waals surface area contributed by atoms with Crippen LogP contribution in [-0.2, 0) is 4.74 Å². The first-order chi connectivity index (χ1) is 9.83. The zero-order valence-corrected chi connectivity index (χ0v) is 13.8. The number of hydrogen-bond acceptors (Lipinski definition) is 3. The van der Waals surface area contributed by atoms with E-state index in [2.05, 4.69) is 13.8 Å². The zero-order chi connectivity index (χ0) is 15.7. The van der Waals surface area contributed by atoms with E-state index >= 15 is 0 Å². The Morgan fingerprint density at radius 1 is 1.10 bits per heavy atom. The summed E-state index contributed by atoms with van der Waals surface area (Å²) >= 11 is 0. The van der Waals surface area contributed by atoms with E-state index in [1.165, 1.54) is 0 Å². The van der Waals surface area contributed by atoms with Crippen molar-refractivity contribution in [1.82, 2.24) is 0 Å². The highest BCUT2D eigenvalue weighted by atomic mass is 16.5. The average Bonchev–Trinajstić information content (AvgIpc) is 2.47. The summed E-state index contributed by atoms with van der Waals surface area (Å²) in [6.07, 6.45) is 3.54. The summed E-state index contributed by atoms with van der Waals surface area (Å²) in [6, 6.07) is 5.72. The van der Waals surface area contributed by atoms with Crippen molar-refractivity contribution in [3.05, 3.63) is 29.3 Å². The summed E-state index contributed by atoms with van der Waals surface area (Å²) < 4.78 is 11.1. The minimum absolute atomic E-state index is 0.0565. The molecule has 0 atom stereocenters. The fourth-order valence-electron chi connectivity index (χ4n) is 3.10. The highest BCUT2D eigenvalue weighted by Crippen LogP contribution is 2.44. The van der Waals surface area contributed by atoms with E-state index in [0.717, 1.165) is 31.2 Å². The molecule has 1 aromatic rings. The maximum Gasteiger partial charge on any atom is 0.198 e. The molecule has 3 heteroatoms. The second-order valence-electron chi connectivity index (χ2n) is 6.90. The molecule has 0 aromatic heterocycles. The Morgan fingerprint density at radius 3 is 2.24 bits per heavy atom. The molecule has 1 aliphatic carbocycles. The molecule has 0 N–H and O–H groups in total. The molecule has 1 saturated carbocycles. The maximum atomic E-state index is 13.1. The zero-order valence-electron chi connectivity index (χ0n) is 13.8. The van der Waals surface area contributed by atoms with Crippen molar-refractivity contribution < 1.29 is 14.3 Å². The molecule has 0 aliphatic heterocycles. The van der Waals surface area contributed by atoms with Crippen LogP contribution in [0.1, 0.15) is 55.5 Å². The van der Waals surface area contributed by atoms with Crippen LogP contribution in [0.5, 0.6) is 5.75 Å². The van der Waals surface area contributed by atoms with Crippen molar-refractivity contribution in [1.29, 1.82) is 0 Å². The number of Topliss-reactive ketones (excluding diaryl/α,β-unsaturated/α-hetero) is 1. The number of hydrogen-bond donors (Lipinski definition) is 0. The number of aryl methyl sites for hydroxylation is 1. The maximum absolute atomic E-state index is 13.1. The van der Waals surface area contributed by atoms with Crippen LogP contribution in [0.15, 0.2) is 18.2 Å². The van der Waals surface area contributed by atoms with Gasteiger partial charge in [0, 0.05) is 7.11 Å². The summed E-state index contributed by atoms with van der Waals surface area (Å²) in [5, 5.41) is 0. The van der Waals surface area contributed by atoms with Gasteiger partial charge in [0.15, 0.2) is 5.78 Å². The Morgan fingerprint density at radius 2 is 1.71 bits per heavy atom. The number of methoxy groups -OCH3 is 2. The van der Waals surface area contributed by atoms with Gasteiger partial charge in [-0.3, -0.25) is 4.79 Å². The SMILES string of the molecule is COc1ccc(C)cc1C(=O)C1(OC)CCC(C)(C)CC1. The summed E-state index contributed by atoms with van der Waals surface area (Å²) in [5.41, 5.74) is 1.29. The molecule has 0 unspecified atom stereocenters. The van der Waals surface area contributed by atoms with Crippen molar-refractivity contribution in [2.24, 2.45) is 5.41 Å². The van der Waals surface area contributed by atoms with Crippen LogP contribution < -0.4 is 4.74 Å². The minimum atomic E-state index is -0.698.